The van der Waals surface area contributed by atoms with Gasteiger partial charge in [0.25, 0.3) is 0 Å². The van der Waals surface area contributed by atoms with Gasteiger partial charge in [-0.2, -0.15) is 0 Å². The van der Waals surface area contributed by atoms with E-state index in [9.17, 15) is 5.11 Å². The van der Waals surface area contributed by atoms with Crippen molar-refractivity contribution in [1.29, 1.82) is 0 Å². The van der Waals surface area contributed by atoms with E-state index in [0.29, 0.717) is 6.54 Å². The van der Waals surface area contributed by atoms with Crippen molar-refractivity contribution in [1.82, 2.24) is 10.2 Å². The highest BCUT2D eigenvalue weighted by Gasteiger charge is 2.34. The molecule has 0 unspecified atom stereocenters. The molecule has 20 heavy (non-hydrogen) atoms. The van der Waals surface area contributed by atoms with Crippen molar-refractivity contribution >= 4 is 5.96 Å². The van der Waals surface area contributed by atoms with E-state index in [1.54, 1.807) is 0 Å². The Morgan fingerprint density at radius 3 is 2.60 bits per heavy atom. The predicted molar refractivity (Wildman–Crippen MR) is 82.7 cm³/mol. The maximum atomic E-state index is 10.1. The normalized spacial score (nSPS) is 17.4. The van der Waals surface area contributed by atoms with Gasteiger partial charge in [-0.3, -0.25) is 4.99 Å². The van der Waals surface area contributed by atoms with Crippen LogP contribution >= 0.6 is 0 Å². The number of hydrogen-bond acceptors (Lipinski definition) is 2. The molecule has 1 aliphatic rings. The molecule has 110 valence electrons. The SMILES string of the molecule is CCNC(=NCC1(O)CCC1)N(C)Cc1ccccc1. The third-order valence-electron chi connectivity index (χ3n) is 3.77. The van der Waals surface area contributed by atoms with E-state index < -0.39 is 5.60 Å². The molecule has 0 radical (unpaired) electrons. The molecule has 0 saturated heterocycles. The lowest BCUT2D eigenvalue weighted by atomic mass is 9.80. The summed E-state index contributed by atoms with van der Waals surface area (Å²) in [5, 5.41) is 13.4. The average molecular weight is 275 g/mol. The summed E-state index contributed by atoms with van der Waals surface area (Å²) < 4.78 is 0. The zero-order chi connectivity index (χ0) is 14.4. The third-order valence-corrected chi connectivity index (χ3v) is 3.77. The maximum Gasteiger partial charge on any atom is 0.194 e. The quantitative estimate of drug-likeness (QED) is 0.638. The Hall–Kier alpha value is -1.55. The number of nitrogens with zero attached hydrogens (tertiary/aromatic N) is 2. The molecule has 0 bridgehead atoms. The van der Waals surface area contributed by atoms with Crippen LogP contribution in [-0.2, 0) is 6.54 Å². The number of aliphatic imine (C=N–C) groups is 1. The molecule has 2 N–H and O–H groups in total. The number of aliphatic hydroxyl groups is 1. The molecule has 0 heterocycles. The smallest absolute Gasteiger partial charge is 0.194 e. The Bertz CT molecular complexity index is 440. The van der Waals surface area contributed by atoms with Crippen molar-refractivity contribution in [3.05, 3.63) is 35.9 Å². The first-order chi connectivity index (χ1) is 9.63. The highest BCUT2D eigenvalue weighted by molar-refractivity contribution is 5.79. The van der Waals surface area contributed by atoms with E-state index in [1.807, 2.05) is 25.2 Å². The molecule has 1 aliphatic carbocycles. The Balaban J connectivity index is 1.97. The molecular weight excluding hydrogens is 250 g/mol. The zero-order valence-electron chi connectivity index (χ0n) is 12.5. The summed E-state index contributed by atoms with van der Waals surface area (Å²) in [6, 6.07) is 10.3. The fourth-order valence-corrected chi connectivity index (χ4v) is 2.37. The van der Waals surface area contributed by atoms with E-state index in [4.69, 9.17) is 0 Å². The first-order valence-corrected chi connectivity index (χ1v) is 7.39. The Morgan fingerprint density at radius 2 is 2.05 bits per heavy atom. The second kappa shape index (κ2) is 6.75. The minimum absolute atomic E-state index is 0.495. The van der Waals surface area contributed by atoms with Crippen LogP contribution in [0.4, 0.5) is 0 Å². The molecule has 0 spiro atoms. The number of hydrogen-bond donors (Lipinski definition) is 2. The van der Waals surface area contributed by atoms with E-state index in [0.717, 1.165) is 38.3 Å². The topological polar surface area (TPSA) is 47.9 Å². The molecule has 2 rings (SSSR count). The van der Waals surface area contributed by atoms with Gasteiger partial charge < -0.3 is 15.3 Å². The van der Waals surface area contributed by atoms with Gasteiger partial charge in [-0.1, -0.05) is 30.3 Å². The van der Waals surface area contributed by atoms with E-state index in [-0.39, 0.29) is 0 Å². The van der Waals surface area contributed by atoms with Gasteiger partial charge in [-0.15, -0.1) is 0 Å². The zero-order valence-corrected chi connectivity index (χ0v) is 12.5. The van der Waals surface area contributed by atoms with Crippen LogP contribution in [0.5, 0.6) is 0 Å². The number of guanidine groups is 1. The summed E-state index contributed by atoms with van der Waals surface area (Å²) in [6.45, 7) is 4.19. The van der Waals surface area contributed by atoms with Crippen molar-refractivity contribution in [2.24, 2.45) is 4.99 Å². The summed E-state index contributed by atoms with van der Waals surface area (Å²) in [7, 11) is 2.03. The van der Waals surface area contributed by atoms with Crippen LogP contribution in [-0.4, -0.2) is 41.7 Å². The Kier molecular flexibility index (Phi) is 5.01. The lowest BCUT2D eigenvalue weighted by Gasteiger charge is -2.35. The fourth-order valence-electron chi connectivity index (χ4n) is 2.37. The van der Waals surface area contributed by atoms with Crippen molar-refractivity contribution in [2.45, 2.75) is 38.3 Å². The minimum Gasteiger partial charge on any atom is -0.388 e. The van der Waals surface area contributed by atoms with Crippen molar-refractivity contribution in [2.75, 3.05) is 20.1 Å². The van der Waals surface area contributed by atoms with Gasteiger partial charge >= 0.3 is 0 Å². The second-order valence-electron chi connectivity index (χ2n) is 5.59. The second-order valence-corrected chi connectivity index (χ2v) is 5.59. The van der Waals surface area contributed by atoms with E-state index in [1.165, 1.54) is 5.56 Å². The lowest BCUT2D eigenvalue weighted by Crippen LogP contribution is -2.43. The molecule has 4 nitrogen and oxygen atoms in total. The van der Waals surface area contributed by atoms with E-state index in [2.05, 4.69) is 34.3 Å². The lowest BCUT2D eigenvalue weighted by molar-refractivity contribution is -0.0237. The summed E-state index contributed by atoms with van der Waals surface area (Å²) >= 11 is 0. The van der Waals surface area contributed by atoms with Gasteiger partial charge in [0.15, 0.2) is 5.96 Å². The average Bonchev–Trinajstić information content (AvgIpc) is 2.42. The minimum atomic E-state index is -0.561. The standard InChI is InChI=1S/C16H25N3O/c1-3-17-15(18-13-16(20)10-7-11-16)19(2)12-14-8-5-4-6-9-14/h4-6,8-9,20H,3,7,10-13H2,1-2H3,(H,17,18). The first kappa shape index (κ1) is 14.9. The summed E-state index contributed by atoms with van der Waals surface area (Å²) in [5.74, 6) is 0.858. The predicted octanol–water partition coefficient (Wildman–Crippen LogP) is 2.00. The van der Waals surface area contributed by atoms with Gasteiger partial charge in [0, 0.05) is 20.1 Å². The highest BCUT2D eigenvalue weighted by Crippen LogP contribution is 2.31. The number of rotatable bonds is 5. The van der Waals surface area contributed by atoms with Gasteiger partial charge in [0.1, 0.15) is 0 Å². The Morgan fingerprint density at radius 1 is 1.35 bits per heavy atom. The van der Waals surface area contributed by atoms with Crippen LogP contribution in [0, 0.1) is 0 Å². The van der Waals surface area contributed by atoms with Crippen LogP contribution < -0.4 is 5.32 Å². The maximum absolute atomic E-state index is 10.1. The van der Waals surface area contributed by atoms with E-state index >= 15 is 0 Å². The van der Waals surface area contributed by atoms with Gasteiger partial charge in [0.05, 0.1) is 12.1 Å². The molecule has 0 atom stereocenters. The monoisotopic (exact) mass is 275 g/mol. The van der Waals surface area contributed by atoms with Gasteiger partial charge in [-0.05, 0) is 31.7 Å². The molecule has 1 aromatic rings. The van der Waals surface area contributed by atoms with Gasteiger partial charge in [0.2, 0.25) is 0 Å². The number of benzene rings is 1. The summed E-state index contributed by atoms with van der Waals surface area (Å²) in [5.41, 5.74) is 0.691. The van der Waals surface area contributed by atoms with Crippen molar-refractivity contribution < 1.29 is 5.11 Å². The molecule has 1 fully saturated rings. The van der Waals surface area contributed by atoms with Gasteiger partial charge in [-0.25, -0.2) is 0 Å². The summed E-state index contributed by atoms with van der Waals surface area (Å²) in [4.78, 5) is 6.68. The van der Waals surface area contributed by atoms with Crippen LogP contribution in [0.15, 0.2) is 35.3 Å². The molecule has 1 aromatic carbocycles. The Labute approximate surface area is 121 Å². The van der Waals surface area contributed by atoms with Crippen molar-refractivity contribution in [3.63, 3.8) is 0 Å². The molecule has 0 amide bonds. The van der Waals surface area contributed by atoms with Crippen LogP contribution in [0.1, 0.15) is 31.7 Å². The highest BCUT2D eigenvalue weighted by atomic mass is 16.3. The van der Waals surface area contributed by atoms with Crippen molar-refractivity contribution in [3.8, 4) is 0 Å². The largest absolute Gasteiger partial charge is 0.388 e. The molecule has 0 aliphatic heterocycles. The fraction of sp³-hybridized carbons (Fsp3) is 0.562. The van der Waals surface area contributed by atoms with Crippen LogP contribution in [0.25, 0.3) is 0 Å². The van der Waals surface area contributed by atoms with Crippen LogP contribution in [0.3, 0.4) is 0 Å². The first-order valence-electron chi connectivity index (χ1n) is 7.39. The summed E-state index contributed by atoms with van der Waals surface area (Å²) in [6.07, 6.45) is 2.86. The molecule has 4 heteroatoms. The molecule has 0 aromatic heterocycles. The third kappa shape index (κ3) is 3.97. The van der Waals surface area contributed by atoms with Crippen LogP contribution in [0.2, 0.25) is 0 Å². The number of nitrogens with one attached hydrogen (secondary N) is 1. The molecule has 1 saturated carbocycles. The molecular formula is C16H25N3O.